The first kappa shape index (κ1) is 10.8. The fourth-order valence-corrected chi connectivity index (χ4v) is 1.49. The molecule has 0 amide bonds. The Morgan fingerprint density at radius 2 is 2.44 bits per heavy atom. The fraction of sp³-hybridized carbons (Fsp3) is 0.273. The number of Topliss-reactive ketones (excluding diaryl/α,β-unsaturated/α-hetero) is 1. The average molecular weight is 220 g/mol. The first-order chi connectivity index (χ1) is 7.72. The molecule has 2 aromatic rings. The Kier molecular flexibility index (Phi) is 2.98. The number of aromatic nitrogens is 1. The number of hydrogen-bond donors (Lipinski definition) is 2. The summed E-state index contributed by atoms with van der Waals surface area (Å²) < 4.78 is 5.09. The van der Waals surface area contributed by atoms with E-state index < -0.39 is 6.10 Å². The summed E-state index contributed by atoms with van der Waals surface area (Å²) in [4.78, 5) is 15.7. The molecule has 0 saturated heterocycles. The number of likely N-dealkylation sites (N-methyl/N-ethyl adjacent to an activating group) is 1. The van der Waals surface area contributed by atoms with Crippen LogP contribution in [-0.4, -0.2) is 35.6 Å². The van der Waals surface area contributed by atoms with Crippen molar-refractivity contribution in [2.45, 2.75) is 6.10 Å². The number of aliphatic hydroxyl groups excluding tert-OH is 1. The molecule has 1 aromatic heterocycles. The standard InChI is InChI=1S/C11H12N2O3/c1-12-5-9(14)11(15)7-2-3-8-10(4-7)16-6-13-8/h2-4,6,9,12,14H,5H2,1H3. The van der Waals surface area contributed by atoms with Crippen LogP contribution in [0.3, 0.4) is 0 Å². The van der Waals surface area contributed by atoms with Gasteiger partial charge >= 0.3 is 0 Å². The highest BCUT2D eigenvalue weighted by Gasteiger charge is 2.17. The van der Waals surface area contributed by atoms with Gasteiger partial charge in [-0.1, -0.05) is 0 Å². The third kappa shape index (κ3) is 1.95. The normalized spacial score (nSPS) is 12.9. The Morgan fingerprint density at radius 1 is 1.62 bits per heavy atom. The SMILES string of the molecule is CNCC(O)C(=O)c1ccc2ncoc2c1. The van der Waals surface area contributed by atoms with E-state index in [4.69, 9.17) is 4.42 Å². The van der Waals surface area contributed by atoms with Crippen LogP contribution in [0.1, 0.15) is 10.4 Å². The molecule has 1 aromatic carbocycles. The summed E-state index contributed by atoms with van der Waals surface area (Å²) >= 11 is 0. The average Bonchev–Trinajstić information content (AvgIpc) is 2.75. The zero-order valence-electron chi connectivity index (χ0n) is 8.80. The molecule has 2 N–H and O–H groups in total. The van der Waals surface area contributed by atoms with Gasteiger partial charge < -0.3 is 14.8 Å². The molecular formula is C11H12N2O3. The summed E-state index contributed by atoms with van der Waals surface area (Å²) in [6.45, 7) is 0.229. The van der Waals surface area contributed by atoms with Gasteiger partial charge in [-0.05, 0) is 25.2 Å². The number of carbonyl (C=O) groups excluding carboxylic acids is 1. The maximum atomic E-state index is 11.7. The van der Waals surface area contributed by atoms with E-state index in [1.807, 2.05) is 0 Å². The molecule has 0 aliphatic rings. The third-order valence-electron chi connectivity index (χ3n) is 2.32. The lowest BCUT2D eigenvalue weighted by Crippen LogP contribution is -2.31. The highest BCUT2D eigenvalue weighted by molar-refractivity contribution is 6.01. The molecular weight excluding hydrogens is 208 g/mol. The van der Waals surface area contributed by atoms with E-state index in [2.05, 4.69) is 10.3 Å². The van der Waals surface area contributed by atoms with Crippen molar-refractivity contribution in [3.8, 4) is 0 Å². The lowest BCUT2D eigenvalue weighted by Gasteiger charge is -2.08. The van der Waals surface area contributed by atoms with Crippen molar-refractivity contribution in [2.75, 3.05) is 13.6 Å². The van der Waals surface area contributed by atoms with E-state index in [9.17, 15) is 9.90 Å². The Hall–Kier alpha value is -1.72. The van der Waals surface area contributed by atoms with Gasteiger partial charge in [0.15, 0.2) is 17.8 Å². The number of benzene rings is 1. The van der Waals surface area contributed by atoms with Gasteiger partial charge in [-0.15, -0.1) is 0 Å². The molecule has 1 heterocycles. The summed E-state index contributed by atoms with van der Waals surface area (Å²) in [6, 6.07) is 4.91. The van der Waals surface area contributed by atoms with Crippen LogP contribution in [0.5, 0.6) is 0 Å². The quantitative estimate of drug-likeness (QED) is 0.737. The number of ketones is 1. The number of carbonyl (C=O) groups is 1. The van der Waals surface area contributed by atoms with Crippen LogP contribution in [-0.2, 0) is 0 Å². The van der Waals surface area contributed by atoms with Crippen LogP contribution in [0.2, 0.25) is 0 Å². The molecule has 16 heavy (non-hydrogen) atoms. The number of nitrogens with one attached hydrogen (secondary N) is 1. The largest absolute Gasteiger partial charge is 0.443 e. The number of hydrogen-bond acceptors (Lipinski definition) is 5. The molecule has 5 heteroatoms. The third-order valence-corrected chi connectivity index (χ3v) is 2.32. The summed E-state index contributed by atoms with van der Waals surface area (Å²) in [5, 5.41) is 12.3. The van der Waals surface area contributed by atoms with Gasteiger partial charge in [-0.25, -0.2) is 4.98 Å². The van der Waals surface area contributed by atoms with Crippen molar-refractivity contribution >= 4 is 16.9 Å². The monoisotopic (exact) mass is 220 g/mol. The van der Waals surface area contributed by atoms with Crippen LogP contribution in [0, 0.1) is 0 Å². The summed E-state index contributed by atoms with van der Waals surface area (Å²) in [5.74, 6) is -0.326. The minimum absolute atomic E-state index is 0.229. The predicted octanol–water partition coefficient (Wildman–Crippen LogP) is 0.591. The van der Waals surface area contributed by atoms with Gasteiger partial charge in [0, 0.05) is 12.1 Å². The molecule has 0 fully saturated rings. The van der Waals surface area contributed by atoms with E-state index in [-0.39, 0.29) is 12.3 Å². The minimum atomic E-state index is -1.04. The Bertz CT molecular complexity index is 507. The smallest absolute Gasteiger partial charge is 0.192 e. The molecule has 0 spiro atoms. The van der Waals surface area contributed by atoms with Crippen LogP contribution in [0.15, 0.2) is 29.0 Å². The molecule has 0 saturated carbocycles. The maximum Gasteiger partial charge on any atom is 0.192 e. The minimum Gasteiger partial charge on any atom is -0.443 e. The van der Waals surface area contributed by atoms with E-state index in [0.717, 1.165) is 0 Å². The van der Waals surface area contributed by atoms with Gasteiger partial charge in [-0.3, -0.25) is 4.79 Å². The number of rotatable bonds is 4. The van der Waals surface area contributed by atoms with Gasteiger partial charge in [0.05, 0.1) is 0 Å². The van der Waals surface area contributed by atoms with Crippen molar-refractivity contribution in [3.63, 3.8) is 0 Å². The zero-order chi connectivity index (χ0) is 11.5. The summed E-state index contributed by atoms with van der Waals surface area (Å²) in [5.41, 5.74) is 1.66. The first-order valence-corrected chi connectivity index (χ1v) is 4.92. The molecule has 84 valence electrons. The van der Waals surface area contributed by atoms with Crippen molar-refractivity contribution in [1.29, 1.82) is 0 Å². The van der Waals surface area contributed by atoms with Crippen molar-refractivity contribution in [1.82, 2.24) is 10.3 Å². The van der Waals surface area contributed by atoms with Gasteiger partial charge in [0.25, 0.3) is 0 Å². The van der Waals surface area contributed by atoms with Crippen LogP contribution < -0.4 is 5.32 Å². The lowest BCUT2D eigenvalue weighted by molar-refractivity contribution is 0.0750. The fourth-order valence-electron chi connectivity index (χ4n) is 1.49. The second kappa shape index (κ2) is 4.42. The van der Waals surface area contributed by atoms with Gasteiger partial charge in [0.1, 0.15) is 11.6 Å². The Balaban J connectivity index is 2.28. The van der Waals surface area contributed by atoms with Crippen molar-refractivity contribution in [3.05, 3.63) is 30.2 Å². The molecule has 0 bridgehead atoms. The second-order valence-electron chi connectivity index (χ2n) is 3.47. The predicted molar refractivity (Wildman–Crippen MR) is 58.3 cm³/mol. The molecule has 5 nitrogen and oxygen atoms in total. The van der Waals surface area contributed by atoms with E-state index in [1.165, 1.54) is 6.39 Å². The van der Waals surface area contributed by atoms with Gasteiger partial charge in [-0.2, -0.15) is 0 Å². The Labute approximate surface area is 92.1 Å². The van der Waals surface area contributed by atoms with Crippen LogP contribution >= 0.6 is 0 Å². The Morgan fingerprint density at radius 3 is 3.19 bits per heavy atom. The second-order valence-corrected chi connectivity index (χ2v) is 3.47. The van der Waals surface area contributed by atoms with Crippen molar-refractivity contribution in [2.24, 2.45) is 0 Å². The number of oxazole rings is 1. The number of aliphatic hydroxyl groups is 1. The highest BCUT2D eigenvalue weighted by Crippen LogP contribution is 2.15. The van der Waals surface area contributed by atoms with E-state index >= 15 is 0 Å². The van der Waals surface area contributed by atoms with Crippen LogP contribution in [0.4, 0.5) is 0 Å². The highest BCUT2D eigenvalue weighted by atomic mass is 16.3. The zero-order valence-corrected chi connectivity index (χ0v) is 8.80. The lowest BCUT2D eigenvalue weighted by atomic mass is 10.1. The summed E-state index contributed by atoms with van der Waals surface area (Å²) in [6.07, 6.45) is 0.286. The molecule has 1 unspecified atom stereocenters. The topological polar surface area (TPSA) is 75.4 Å². The molecule has 2 rings (SSSR count). The molecule has 0 radical (unpaired) electrons. The maximum absolute atomic E-state index is 11.7. The summed E-state index contributed by atoms with van der Waals surface area (Å²) in [7, 11) is 1.68. The first-order valence-electron chi connectivity index (χ1n) is 4.92. The number of fused-ring (bicyclic) bond motifs is 1. The molecule has 1 atom stereocenters. The molecule has 0 aliphatic heterocycles. The van der Waals surface area contributed by atoms with E-state index in [1.54, 1.807) is 25.2 Å². The van der Waals surface area contributed by atoms with Crippen LogP contribution in [0.25, 0.3) is 11.1 Å². The van der Waals surface area contributed by atoms with Crippen molar-refractivity contribution < 1.29 is 14.3 Å². The number of nitrogens with zero attached hydrogens (tertiary/aromatic N) is 1. The van der Waals surface area contributed by atoms with Gasteiger partial charge in [0.2, 0.25) is 0 Å². The molecule has 0 aliphatic carbocycles. The van der Waals surface area contributed by atoms with E-state index in [0.29, 0.717) is 16.7 Å².